The Kier molecular flexibility index (Phi) is 4.26. The zero-order valence-corrected chi connectivity index (χ0v) is 25.2. The van der Waals surface area contributed by atoms with E-state index in [4.69, 9.17) is 30.3 Å². The summed E-state index contributed by atoms with van der Waals surface area (Å²) in [5.74, 6) is 0.541. The Morgan fingerprint density at radius 1 is 0.500 bits per heavy atom. The summed E-state index contributed by atoms with van der Waals surface area (Å²) in [6.45, 7) is 0. The first-order valence-electron chi connectivity index (χ1n) is 20.0. The highest BCUT2D eigenvalue weighted by Gasteiger charge is 2.22. The first-order chi connectivity index (χ1) is 27.5. The zero-order valence-electron chi connectivity index (χ0n) is 34.2. The fourth-order valence-electron chi connectivity index (χ4n) is 6.61. The van der Waals surface area contributed by atoms with E-state index in [-0.39, 0.29) is 55.7 Å². The highest BCUT2D eigenvalue weighted by Crippen LogP contribution is 2.42. The lowest BCUT2D eigenvalue weighted by atomic mass is 9.98. The highest BCUT2D eigenvalue weighted by atomic mass is 16.3. The third kappa shape index (κ3) is 4.27. The Balaban J connectivity index is 1.22. The summed E-state index contributed by atoms with van der Waals surface area (Å²) in [5, 5.41) is -0.351. The molecular formula is C44H27N3O. The molecule has 0 unspecified atom stereocenters. The van der Waals surface area contributed by atoms with E-state index in [9.17, 15) is 1.37 Å². The van der Waals surface area contributed by atoms with Gasteiger partial charge in [-0.1, -0.05) is 127 Å². The Hall–Kier alpha value is -6.39. The monoisotopic (exact) mass is 622 g/mol. The maximum atomic E-state index is 9.22. The minimum absolute atomic E-state index is 0.0256. The molecule has 0 saturated carbocycles. The van der Waals surface area contributed by atoms with Gasteiger partial charge in [-0.05, 0) is 69.4 Å². The molecule has 0 amide bonds. The van der Waals surface area contributed by atoms with Crippen molar-refractivity contribution in [2.75, 3.05) is 0 Å². The molecule has 0 N–H and O–H groups in total. The molecule has 224 valence electrons. The van der Waals surface area contributed by atoms with Gasteiger partial charge in [0.2, 0.25) is 0 Å². The predicted octanol–water partition coefficient (Wildman–Crippen LogP) is 11.2. The van der Waals surface area contributed by atoms with Crippen LogP contribution in [0.1, 0.15) is 23.5 Å². The zero-order chi connectivity index (χ0) is 39.4. The molecule has 9 aromatic rings. The predicted molar refractivity (Wildman–Crippen MR) is 195 cm³/mol. The molecule has 1 aliphatic carbocycles. The Bertz CT molecular complexity index is 3210. The lowest BCUT2D eigenvalue weighted by Gasteiger charge is -2.10. The summed E-state index contributed by atoms with van der Waals surface area (Å²) in [6, 6.07) is 27.7. The minimum Gasteiger partial charge on any atom is -0.455 e. The molecule has 0 bridgehead atoms. The molecule has 4 heteroatoms. The smallest absolute Gasteiger partial charge is 0.164 e. The second kappa shape index (κ2) is 10.6. The van der Waals surface area contributed by atoms with Crippen LogP contribution < -0.4 is 0 Å². The second-order valence-corrected chi connectivity index (χ2v) is 11.7. The summed E-state index contributed by atoms with van der Waals surface area (Å²) in [6.07, 6.45) is 0.707. The van der Waals surface area contributed by atoms with E-state index in [0.29, 0.717) is 17.5 Å². The molecule has 10 rings (SSSR count). The lowest BCUT2D eigenvalue weighted by molar-refractivity contribution is 0.672. The van der Waals surface area contributed by atoms with Gasteiger partial charge >= 0.3 is 0 Å². The Morgan fingerprint density at radius 2 is 1.25 bits per heavy atom. The van der Waals surface area contributed by atoms with Crippen LogP contribution in [0.15, 0.2) is 156 Å². The van der Waals surface area contributed by atoms with E-state index in [1.54, 1.807) is 0 Å². The highest BCUT2D eigenvalue weighted by molar-refractivity contribution is 6.18. The van der Waals surface area contributed by atoms with Gasteiger partial charge in [-0.15, -0.1) is 0 Å². The molecule has 0 spiro atoms. The summed E-state index contributed by atoms with van der Waals surface area (Å²) >= 11 is 0. The fraction of sp³-hybridized carbons (Fsp3) is 0.0227. The number of nitrogens with zero attached hydrogens (tertiary/aromatic N) is 3. The van der Waals surface area contributed by atoms with Crippen LogP contribution in [-0.2, 0) is 6.42 Å². The van der Waals surface area contributed by atoms with Crippen molar-refractivity contribution >= 4 is 32.7 Å². The first kappa shape index (κ1) is 19.3. The number of hydrogen-bond donors (Lipinski definition) is 0. The molecule has 0 atom stereocenters. The average Bonchev–Trinajstić information content (AvgIpc) is 3.81. The van der Waals surface area contributed by atoms with Gasteiger partial charge in [0.15, 0.2) is 17.5 Å². The maximum Gasteiger partial charge on any atom is 0.164 e. The summed E-state index contributed by atoms with van der Waals surface area (Å²) in [7, 11) is 0. The van der Waals surface area contributed by atoms with Crippen LogP contribution in [0.5, 0.6) is 0 Å². The van der Waals surface area contributed by atoms with Crippen molar-refractivity contribution < 1.29 is 16.8 Å². The summed E-state index contributed by atoms with van der Waals surface area (Å²) in [5.41, 5.74) is 7.78. The molecule has 0 fully saturated rings. The molecule has 2 aromatic heterocycles. The molecule has 0 aliphatic heterocycles. The van der Waals surface area contributed by atoms with E-state index >= 15 is 0 Å². The first-order valence-corrected chi connectivity index (χ1v) is 15.5. The molecule has 4 nitrogen and oxygen atoms in total. The van der Waals surface area contributed by atoms with Gasteiger partial charge in [0, 0.05) is 32.8 Å². The van der Waals surface area contributed by atoms with Crippen molar-refractivity contribution in [3.05, 3.63) is 163 Å². The Morgan fingerprint density at radius 3 is 2.10 bits per heavy atom. The van der Waals surface area contributed by atoms with Gasteiger partial charge < -0.3 is 4.42 Å². The van der Waals surface area contributed by atoms with E-state index in [1.807, 2.05) is 60.7 Å². The van der Waals surface area contributed by atoms with Crippen LogP contribution >= 0.6 is 0 Å². The lowest BCUT2D eigenvalue weighted by Crippen LogP contribution is -2.00. The third-order valence-electron chi connectivity index (χ3n) is 8.89. The second-order valence-electron chi connectivity index (χ2n) is 11.7. The summed E-state index contributed by atoms with van der Waals surface area (Å²) in [4.78, 5) is 14.6. The van der Waals surface area contributed by atoms with Crippen LogP contribution in [0.25, 0.3) is 89.1 Å². The molecule has 2 heterocycles. The van der Waals surface area contributed by atoms with Crippen LogP contribution in [0.3, 0.4) is 0 Å². The van der Waals surface area contributed by atoms with Crippen LogP contribution in [-0.4, -0.2) is 15.0 Å². The quantitative estimate of drug-likeness (QED) is 0.196. The number of rotatable bonds is 4. The number of hydrogen-bond acceptors (Lipinski definition) is 4. The normalized spacial score (nSPS) is 14.7. The SMILES string of the molecule is [2H]c1c([2H])c(-c2nc(-c3ccccc3)nc(-c3ccc4c(c3)Cc3ccc(-c5ccccc5)cc3-4)n2)c2c(oc3c4c([2H])c([2H])c([2H])c([2H])c4c([2H])c([2H])c32)c1[2H]. The number of benzene rings is 7. The van der Waals surface area contributed by atoms with Gasteiger partial charge in [0.05, 0.1) is 12.3 Å². The minimum atomic E-state index is -0.557. The topological polar surface area (TPSA) is 51.8 Å². The van der Waals surface area contributed by atoms with Gasteiger partial charge in [-0.2, -0.15) is 0 Å². The number of fused-ring (bicyclic) bond motifs is 8. The van der Waals surface area contributed by atoms with Crippen LogP contribution in [0.2, 0.25) is 0 Å². The number of aromatic nitrogens is 3. The molecule has 0 saturated heterocycles. The molecular weight excluding hydrogens is 587 g/mol. The standard InChI is InChI=1S/C44H27N3O/c1-3-10-27(11-4-1)30-18-19-31-24-33-25-32(21-22-34(33)38(31)26-30)43-45-42(29-13-5-2-6-14-29)46-44(47-43)37-16-9-17-39-40(37)36-23-20-28-12-7-8-15-35(28)41(36)48-39/h1-23,25-26H,24H2/i7D,8D,9D,12D,15D,16D,17D,20D,23D. The van der Waals surface area contributed by atoms with E-state index in [0.717, 1.165) is 27.8 Å². The van der Waals surface area contributed by atoms with Crippen LogP contribution in [0.4, 0.5) is 0 Å². The van der Waals surface area contributed by atoms with Gasteiger partial charge in [0.1, 0.15) is 11.2 Å². The maximum absolute atomic E-state index is 9.22. The van der Waals surface area contributed by atoms with Crippen molar-refractivity contribution in [3.8, 4) is 56.4 Å². The van der Waals surface area contributed by atoms with Gasteiger partial charge in [-0.3, -0.25) is 0 Å². The molecule has 7 aromatic carbocycles. The molecule has 1 aliphatic rings. The van der Waals surface area contributed by atoms with Crippen LogP contribution in [0, 0.1) is 0 Å². The van der Waals surface area contributed by atoms with E-state index < -0.39 is 54.4 Å². The molecule has 0 radical (unpaired) electrons. The van der Waals surface area contributed by atoms with E-state index in [2.05, 4.69) is 36.4 Å². The fourth-order valence-corrected chi connectivity index (χ4v) is 6.61. The largest absolute Gasteiger partial charge is 0.455 e. The van der Waals surface area contributed by atoms with Crippen molar-refractivity contribution in [3.63, 3.8) is 0 Å². The summed E-state index contributed by atoms with van der Waals surface area (Å²) < 4.78 is 85.0. The molecule has 48 heavy (non-hydrogen) atoms. The van der Waals surface area contributed by atoms with Crippen molar-refractivity contribution in [1.29, 1.82) is 0 Å². The van der Waals surface area contributed by atoms with Crippen molar-refractivity contribution in [2.24, 2.45) is 0 Å². The van der Waals surface area contributed by atoms with Gasteiger partial charge in [-0.25, -0.2) is 15.0 Å². The van der Waals surface area contributed by atoms with Gasteiger partial charge in [0.25, 0.3) is 0 Å². The third-order valence-corrected chi connectivity index (χ3v) is 8.89. The van der Waals surface area contributed by atoms with E-state index in [1.165, 1.54) is 5.56 Å². The Labute approximate surface area is 289 Å². The van der Waals surface area contributed by atoms with Crippen molar-refractivity contribution in [2.45, 2.75) is 6.42 Å². The average molecular weight is 623 g/mol. The number of furan rings is 1. The van der Waals surface area contributed by atoms with Crippen molar-refractivity contribution in [1.82, 2.24) is 15.0 Å².